The lowest BCUT2D eigenvalue weighted by Gasteiger charge is -2.16. The van der Waals surface area contributed by atoms with Gasteiger partial charge >= 0.3 is 0 Å². The van der Waals surface area contributed by atoms with Crippen molar-refractivity contribution in [3.63, 3.8) is 0 Å². The third-order valence-corrected chi connectivity index (χ3v) is 4.31. The molecule has 28 heavy (non-hydrogen) atoms. The van der Waals surface area contributed by atoms with Crippen LogP contribution in [0.5, 0.6) is 11.5 Å². The van der Waals surface area contributed by atoms with Gasteiger partial charge in [0, 0.05) is 18.3 Å². The van der Waals surface area contributed by atoms with Crippen molar-refractivity contribution in [2.75, 3.05) is 25.1 Å². The summed E-state index contributed by atoms with van der Waals surface area (Å²) in [4.78, 5) is 12.1. The quantitative estimate of drug-likeness (QED) is 0.552. The lowest BCUT2D eigenvalue weighted by Crippen LogP contribution is -2.31. The van der Waals surface area contributed by atoms with Crippen molar-refractivity contribution in [1.29, 1.82) is 0 Å². The number of amides is 1. The molecule has 2 aromatic carbocycles. The van der Waals surface area contributed by atoms with Gasteiger partial charge in [0.1, 0.15) is 0 Å². The van der Waals surface area contributed by atoms with E-state index in [1.165, 1.54) is 0 Å². The lowest BCUT2D eigenvalue weighted by molar-refractivity contribution is -0.118. The summed E-state index contributed by atoms with van der Waals surface area (Å²) in [6, 6.07) is 13.3. The standard InChI is InChI=1S/C22H30N2O4/c1-4-18(14-25)23-13-17-8-11-20(21(12-17)27-5-2)28-15-22(26)24-19-9-6-16(3)7-10-19/h6-12,18,23,25H,4-5,13-15H2,1-3H3,(H,24,26). The highest BCUT2D eigenvalue weighted by Gasteiger charge is 2.11. The predicted molar refractivity (Wildman–Crippen MR) is 111 cm³/mol. The van der Waals surface area contributed by atoms with E-state index in [9.17, 15) is 9.90 Å². The van der Waals surface area contributed by atoms with Crippen LogP contribution in [0, 0.1) is 6.92 Å². The molecule has 0 aliphatic carbocycles. The van der Waals surface area contributed by atoms with Crippen LogP contribution < -0.4 is 20.1 Å². The van der Waals surface area contributed by atoms with Gasteiger partial charge in [-0.05, 0) is 50.1 Å². The van der Waals surface area contributed by atoms with Gasteiger partial charge < -0.3 is 25.2 Å². The molecule has 0 aromatic heterocycles. The van der Waals surface area contributed by atoms with Crippen molar-refractivity contribution in [1.82, 2.24) is 5.32 Å². The second kappa shape index (κ2) is 11.3. The number of hydrogen-bond donors (Lipinski definition) is 3. The number of aryl methyl sites for hydroxylation is 1. The fourth-order valence-electron chi connectivity index (χ4n) is 2.63. The third-order valence-electron chi connectivity index (χ3n) is 4.31. The smallest absolute Gasteiger partial charge is 0.262 e. The largest absolute Gasteiger partial charge is 0.490 e. The van der Waals surface area contributed by atoms with Gasteiger partial charge in [0.05, 0.1) is 13.2 Å². The van der Waals surface area contributed by atoms with Crippen molar-refractivity contribution in [2.24, 2.45) is 0 Å². The topological polar surface area (TPSA) is 79.8 Å². The van der Waals surface area contributed by atoms with E-state index in [0.29, 0.717) is 24.7 Å². The summed E-state index contributed by atoms with van der Waals surface area (Å²) in [5.41, 5.74) is 2.89. The Bertz CT molecular complexity index is 743. The van der Waals surface area contributed by atoms with Crippen LogP contribution in [0.25, 0.3) is 0 Å². The van der Waals surface area contributed by atoms with Crippen molar-refractivity contribution >= 4 is 11.6 Å². The van der Waals surface area contributed by atoms with E-state index in [1.807, 2.05) is 57.2 Å². The van der Waals surface area contributed by atoms with Crippen molar-refractivity contribution in [3.05, 3.63) is 53.6 Å². The summed E-state index contributed by atoms with van der Waals surface area (Å²) < 4.78 is 11.3. The van der Waals surface area contributed by atoms with E-state index in [0.717, 1.165) is 23.2 Å². The number of nitrogens with one attached hydrogen (secondary N) is 2. The summed E-state index contributed by atoms with van der Waals surface area (Å²) >= 11 is 0. The van der Waals surface area contributed by atoms with Crippen LogP contribution in [-0.4, -0.2) is 36.9 Å². The Labute approximate surface area is 166 Å². The first-order valence-electron chi connectivity index (χ1n) is 9.65. The Morgan fingerprint density at radius 2 is 1.82 bits per heavy atom. The van der Waals surface area contributed by atoms with Crippen molar-refractivity contribution < 1.29 is 19.4 Å². The van der Waals surface area contributed by atoms with Gasteiger partial charge in [-0.1, -0.05) is 30.7 Å². The molecule has 2 rings (SSSR count). The molecule has 1 amide bonds. The van der Waals surface area contributed by atoms with E-state index in [4.69, 9.17) is 9.47 Å². The summed E-state index contributed by atoms with van der Waals surface area (Å²) in [5.74, 6) is 0.895. The zero-order chi connectivity index (χ0) is 20.4. The maximum absolute atomic E-state index is 12.1. The minimum absolute atomic E-state index is 0.0666. The molecule has 0 aliphatic rings. The molecule has 0 heterocycles. The van der Waals surface area contributed by atoms with Gasteiger partial charge in [0.25, 0.3) is 5.91 Å². The zero-order valence-electron chi connectivity index (χ0n) is 16.8. The number of hydrogen-bond acceptors (Lipinski definition) is 5. The monoisotopic (exact) mass is 386 g/mol. The molecule has 3 N–H and O–H groups in total. The molecular weight excluding hydrogens is 356 g/mol. The minimum atomic E-state index is -0.231. The van der Waals surface area contributed by atoms with Crippen LogP contribution in [0.1, 0.15) is 31.4 Å². The summed E-state index contributed by atoms with van der Waals surface area (Å²) in [5, 5.41) is 15.4. The van der Waals surface area contributed by atoms with E-state index >= 15 is 0 Å². The van der Waals surface area contributed by atoms with Crippen LogP contribution in [0.2, 0.25) is 0 Å². The summed E-state index contributed by atoms with van der Waals surface area (Å²) in [6.07, 6.45) is 0.853. The molecule has 0 fully saturated rings. The lowest BCUT2D eigenvalue weighted by atomic mass is 10.1. The molecule has 1 unspecified atom stereocenters. The van der Waals surface area contributed by atoms with Gasteiger partial charge in [0.2, 0.25) is 0 Å². The van der Waals surface area contributed by atoms with E-state index < -0.39 is 0 Å². The molecule has 6 nitrogen and oxygen atoms in total. The number of carbonyl (C=O) groups excluding carboxylic acids is 1. The van der Waals surface area contributed by atoms with Gasteiger partial charge in [-0.15, -0.1) is 0 Å². The van der Waals surface area contributed by atoms with Gasteiger partial charge in [0.15, 0.2) is 18.1 Å². The minimum Gasteiger partial charge on any atom is -0.490 e. The molecule has 0 saturated heterocycles. The van der Waals surface area contributed by atoms with Crippen LogP contribution in [0.4, 0.5) is 5.69 Å². The Morgan fingerprint density at radius 1 is 1.07 bits per heavy atom. The summed E-state index contributed by atoms with van der Waals surface area (Å²) in [6.45, 7) is 7.04. The van der Waals surface area contributed by atoms with Crippen molar-refractivity contribution in [2.45, 2.75) is 39.8 Å². The number of benzene rings is 2. The maximum Gasteiger partial charge on any atom is 0.262 e. The van der Waals surface area contributed by atoms with Crippen LogP contribution >= 0.6 is 0 Å². The molecule has 2 aromatic rings. The normalized spacial score (nSPS) is 11.7. The number of aliphatic hydroxyl groups is 1. The highest BCUT2D eigenvalue weighted by atomic mass is 16.5. The van der Waals surface area contributed by atoms with Gasteiger partial charge in [-0.2, -0.15) is 0 Å². The van der Waals surface area contributed by atoms with Crippen LogP contribution in [0.3, 0.4) is 0 Å². The SMILES string of the molecule is CCOc1cc(CNC(CC)CO)ccc1OCC(=O)Nc1ccc(C)cc1. The Balaban J connectivity index is 1.95. The average molecular weight is 386 g/mol. The number of rotatable bonds is 11. The zero-order valence-corrected chi connectivity index (χ0v) is 16.8. The first-order valence-corrected chi connectivity index (χ1v) is 9.65. The van der Waals surface area contributed by atoms with Gasteiger partial charge in [-0.3, -0.25) is 4.79 Å². The molecule has 0 bridgehead atoms. The van der Waals surface area contributed by atoms with E-state index in [2.05, 4.69) is 10.6 Å². The second-order valence-corrected chi connectivity index (χ2v) is 6.59. The highest BCUT2D eigenvalue weighted by molar-refractivity contribution is 5.91. The molecule has 0 saturated carbocycles. The molecule has 152 valence electrons. The second-order valence-electron chi connectivity index (χ2n) is 6.59. The molecule has 1 atom stereocenters. The Kier molecular flexibility index (Phi) is 8.78. The molecule has 0 radical (unpaired) electrons. The van der Waals surface area contributed by atoms with E-state index in [1.54, 1.807) is 6.07 Å². The molecule has 6 heteroatoms. The summed E-state index contributed by atoms with van der Waals surface area (Å²) in [7, 11) is 0. The molecular formula is C22H30N2O4. The first-order chi connectivity index (χ1) is 13.5. The number of aliphatic hydroxyl groups excluding tert-OH is 1. The predicted octanol–water partition coefficient (Wildman–Crippen LogP) is 3.27. The Morgan fingerprint density at radius 3 is 2.46 bits per heavy atom. The Hall–Kier alpha value is -2.57. The fraction of sp³-hybridized carbons (Fsp3) is 0.409. The van der Waals surface area contributed by atoms with Crippen molar-refractivity contribution in [3.8, 4) is 11.5 Å². The number of anilines is 1. The number of carbonyl (C=O) groups is 1. The first kappa shape index (κ1) is 21.7. The average Bonchev–Trinajstić information content (AvgIpc) is 2.70. The fourth-order valence-corrected chi connectivity index (χ4v) is 2.63. The molecule has 0 aliphatic heterocycles. The van der Waals surface area contributed by atoms with Gasteiger partial charge in [-0.25, -0.2) is 0 Å². The molecule has 0 spiro atoms. The van der Waals surface area contributed by atoms with Crippen LogP contribution in [0.15, 0.2) is 42.5 Å². The maximum atomic E-state index is 12.1. The van der Waals surface area contributed by atoms with Crippen LogP contribution in [-0.2, 0) is 11.3 Å². The number of ether oxygens (including phenoxy) is 2. The highest BCUT2D eigenvalue weighted by Crippen LogP contribution is 2.28. The van der Waals surface area contributed by atoms with E-state index in [-0.39, 0.29) is 25.2 Å². The third kappa shape index (κ3) is 6.87.